The maximum Gasteiger partial charge on any atom is 0.257 e. The zero-order valence-electron chi connectivity index (χ0n) is 9.47. The maximum atomic E-state index is 13.3. The van der Waals surface area contributed by atoms with Gasteiger partial charge in [0.15, 0.2) is 0 Å². The van der Waals surface area contributed by atoms with Gasteiger partial charge in [-0.25, -0.2) is 8.78 Å². The molecule has 0 saturated heterocycles. The van der Waals surface area contributed by atoms with Crippen LogP contribution in [0.5, 0.6) is 0 Å². The molecule has 1 aromatic carbocycles. The summed E-state index contributed by atoms with van der Waals surface area (Å²) in [6.07, 6.45) is 1.41. The van der Waals surface area contributed by atoms with E-state index in [4.69, 9.17) is 11.6 Å². The van der Waals surface area contributed by atoms with E-state index in [0.29, 0.717) is 12.3 Å². The van der Waals surface area contributed by atoms with Gasteiger partial charge in [0.2, 0.25) is 0 Å². The zero-order chi connectivity index (χ0) is 12.8. The van der Waals surface area contributed by atoms with E-state index < -0.39 is 23.1 Å². The van der Waals surface area contributed by atoms with Crippen LogP contribution in [0.15, 0.2) is 18.2 Å². The number of carbonyl (C=O) groups is 1. The first-order chi connectivity index (χ1) is 8.06. The van der Waals surface area contributed by atoms with E-state index >= 15 is 0 Å². The normalized spacial score (nSPS) is 12.2. The summed E-state index contributed by atoms with van der Waals surface area (Å²) in [7, 11) is 0. The van der Waals surface area contributed by atoms with Gasteiger partial charge in [-0.15, -0.1) is 11.6 Å². The number of rotatable bonds is 5. The molecule has 1 atom stereocenters. The Morgan fingerprint density at radius 1 is 1.41 bits per heavy atom. The third kappa shape index (κ3) is 3.97. The minimum absolute atomic E-state index is 0.166. The van der Waals surface area contributed by atoms with Gasteiger partial charge in [0.25, 0.3) is 5.91 Å². The van der Waals surface area contributed by atoms with E-state index in [-0.39, 0.29) is 6.04 Å². The molecule has 1 aromatic rings. The molecule has 1 rings (SSSR count). The molecule has 0 fully saturated rings. The molecule has 0 aliphatic carbocycles. The van der Waals surface area contributed by atoms with Crippen molar-refractivity contribution < 1.29 is 13.6 Å². The van der Waals surface area contributed by atoms with E-state index in [2.05, 4.69) is 5.32 Å². The summed E-state index contributed by atoms with van der Waals surface area (Å²) in [5, 5.41) is 2.54. The van der Waals surface area contributed by atoms with Crippen LogP contribution in [-0.2, 0) is 0 Å². The van der Waals surface area contributed by atoms with Gasteiger partial charge < -0.3 is 5.32 Å². The first-order valence-corrected chi connectivity index (χ1v) is 5.90. The lowest BCUT2D eigenvalue weighted by molar-refractivity contribution is 0.0930. The van der Waals surface area contributed by atoms with Crippen LogP contribution in [0.3, 0.4) is 0 Å². The van der Waals surface area contributed by atoms with Crippen molar-refractivity contribution in [3.8, 4) is 0 Å². The summed E-state index contributed by atoms with van der Waals surface area (Å²) in [6, 6.07) is 3.17. The Morgan fingerprint density at radius 3 is 2.53 bits per heavy atom. The number of alkyl halides is 1. The molecular weight excluding hydrogens is 248 g/mol. The van der Waals surface area contributed by atoms with Crippen molar-refractivity contribution in [2.45, 2.75) is 25.8 Å². The molecule has 0 aliphatic rings. The van der Waals surface area contributed by atoms with Crippen LogP contribution in [-0.4, -0.2) is 17.8 Å². The van der Waals surface area contributed by atoms with Crippen molar-refractivity contribution in [1.82, 2.24) is 5.32 Å². The Balaban J connectivity index is 2.70. The van der Waals surface area contributed by atoms with Crippen molar-refractivity contribution in [3.63, 3.8) is 0 Å². The molecule has 1 unspecified atom stereocenters. The highest BCUT2D eigenvalue weighted by Crippen LogP contribution is 2.12. The number of hydrogen-bond donors (Lipinski definition) is 1. The summed E-state index contributed by atoms with van der Waals surface area (Å²) in [5.41, 5.74) is -0.537. The second kappa shape index (κ2) is 6.55. The van der Waals surface area contributed by atoms with E-state index in [9.17, 15) is 13.6 Å². The molecule has 0 heterocycles. The quantitative estimate of drug-likeness (QED) is 0.811. The van der Waals surface area contributed by atoms with Gasteiger partial charge in [0, 0.05) is 11.9 Å². The highest BCUT2D eigenvalue weighted by atomic mass is 35.5. The van der Waals surface area contributed by atoms with E-state index in [0.717, 1.165) is 18.6 Å². The van der Waals surface area contributed by atoms with Gasteiger partial charge in [0.05, 0.1) is 0 Å². The molecule has 0 aromatic heterocycles. The average molecular weight is 262 g/mol. The first-order valence-electron chi connectivity index (χ1n) is 5.37. The van der Waals surface area contributed by atoms with Crippen molar-refractivity contribution in [1.29, 1.82) is 0 Å². The van der Waals surface area contributed by atoms with Crippen LogP contribution >= 0.6 is 11.6 Å². The van der Waals surface area contributed by atoms with Gasteiger partial charge in [-0.2, -0.15) is 0 Å². The topological polar surface area (TPSA) is 29.1 Å². The fourth-order valence-corrected chi connectivity index (χ4v) is 1.62. The Bertz CT molecular complexity index is 378. The molecule has 2 nitrogen and oxygen atoms in total. The number of carbonyl (C=O) groups excluding carboxylic acids is 1. The van der Waals surface area contributed by atoms with Gasteiger partial charge >= 0.3 is 0 Å². The highest BCUT2D eigenvalue weighted by molar-refractivity contribution is 6.17. The minimum Gasteiger partial charge on any atom is -0.349 e. The summed E-state index contributed by atoms with van der Waals surface area (Å²) in [4.78, 5) is 11.6. The molecule has 1 N–H and O–H groups in total. The predicted molar refractivity (Wildman–Crippen MR) is 63.2 cm³/mol. The van der Waals surface area contributed by atoms with E-state index in [1.54, 1.807) is 6.92 Å². The maximum absolute atomic E-state index is 13.3. The second-order valence-electron chi connectivity index (χ2n) is 3.80. The van der Waals surface area contributed by atoms with Crippen molar-refractivity contribution in [2.75, 3.05) is 5.88 Å². The number of hydrogen-bond acceptors (Lipinski definition) is 1. The third-order valence-corrected chi connectivity index (χ3v) is 2.61. The Kier molecular flexibility index (Phi) is 5.35. The molecule has 0 spiro atoms. The van der Waals surface area contributed by atoms with Crippen LogP contribution in [0.4, 0.5) is 8.78 Å². The lowest BCUT2D eigenvalue weighted by Gasteiger charge is -2.13. The average Bonchev–Trinajstić information content (AvgIpc) is 2.26. The second-order valence-corrected chi connectivity index (χ2v) is 4.18. The fraction of sp³-hybridized carbons (Fsp3) is 0.417. The van der Waals surface area contributed by atoms with Crippen LogP contribution in [0.2, 0.25) is 0 Å². The minimum atomic E-state index is -0.855. The molecule has 0 bridgehead atoms. The van der Waals surface area contributed by atoms with Gasteiger partial charge in [-0.1, -0.05) is 6.07 Å². The largest absolute Gasteiger partial charge is 0.349 e. The van der Waals surface area contributed by atoms with Gasteiger partial charge in [-0.05, 0) is 31.9 Å². The highest BCUT2D eigenvalue weighted by Gasteiger charge is 2.18. The lowest BCUT2D eigenvalue weighted by Crippen LogP contribution is -2.33. The molecular formula is C12H14ClF2NO. The van der Waals surface area contributed by atoms with Crippen molar-refractivity contribution >= 4 is 17.5 Å². The van der Waals surface area contributed by atoms with Crippen LogP contribution in [0.25, 0.3) is 0 Å². The predicted octanol–water partition coefficient (Wildman–Crippen LogP) is 3.10. The monoisotopic (exact) mass is 261 g/mol. The van der Waals surface area contributed by atoms with Crippen LogP contribution in [0, 0.1) is 11.6 Å². The van der Waals surface area contributed by atoms with Crippen molar-refractivity contribution in [2.24, 2.45) is 0 Å². The lowest BCUT2D eigenvalue weighted by atomic mass is 10.1. The molecule has 94 valence electrons. The number of nitrogens with one attached hydrogen (secondary N) is 1. The first kappa shape index (κ1) is 13.9. The summed E-state index contributed by atoms with van der Waals surface area (Å²) < 4.78 is 26.6. The van der Waals surface area contributed by atoms with Gasteiger partial charge in [0.1, 0.15) is 17.2 Å². The van der Waals surface area contributed by atoms with Gasteiger partial charge in [-0.3, -0.25) is 4.79 Å². The standard InChI is InChI=1S/C12H14ClF2NO/c1-8(4-3-7-13)16-12(17)11-9(14)5-2-6-10(11)15/h2,5-6,8H,3-4,7H2,1H3,(H,16,17). The summed E-state index contributed by atoms with van der Waals surface area (Å²) in [5.74, 6) is -1.95. The zero-order valence-corrected chi connectivity index (χ0v) is 10.2. The number of benzene rings is 1. The SMILES string of the molecule is CC(CCCCl)NC(=O)c1c(F)cccc1F. The fourth-order valence-electron chi connectivity index (χ4n) is 1.47. The van der Waals surface area contributed by atoms with Crippen LogP contribution in [0.1, 0.15) is 30.1 Å². The van der Waals surface area contributed by atoms with E-state index in [1.165, 1.54) is 6.07 Å². The molecule has 17 heavy (non-hydrogen) atoms. The van der Waals surface area contributed by atoms with E-state index in [1.807, 2.05) is 0 Å². The molecule has 0 saturated carbocycles. The summed E-state index contributed by atoms with van der Waals surface area (Å²) >= 11 is 5.52. The molecule has 0 radical (unpaired) electrons. The summed E-state index contributed by atoms with van der Waals surface area (Å²) in [6.45, 7) is 1.77. The molecule has 1 amide bonds. The smallest absolute Gasteiger partial charge is 0.257 e. The Morgan fingerprint density at radius 2 is 2.00 bits per heavy atom. The molecule has 0 aliphatic heterocycles. The Hall–Kier alpha value is -1.16. The third-order valence-electron chi connectivity index (χ3n) is 2.34. The van der Waals surface area contributed by atoms with Crippen molar-refractivity contribution in [3.05, 3.63) is 35.4 Å². The number of halogens is 3. The molecule has 5 heteroatoms. The number of amides is 1. The Labute approximate surface area is 104 Å². The van der Waals surface area contributed by atoms with Crippen LogP contribution < -0.4 is 5.32 Å².